The molecule has 0 spiro atoms. The lowest BCUT2D eigenvalue weighted by Crippen LogP contribution is -2.39. The molecule has 224 valence electrons. The van der Waals surface area contributed by atoms with Crippen molar-refractivity contribution in [2.24, 2.45) is 14.1 Å². The topological polar surface area (TPSA) is 87.7 Å². The van der Waals surface area contributed by atoms with E-state index >= 15 is 4.39 Å². The summed E-state index contributed by atoms with van der Waals surface area (Å²) in [5, 5.41) is 15.1. The fraction of sp³-hybridized carbons (Fsp3) is 0.438. The first-order valence-electron chi connectivity index (χ1n) is 14.3. The van der Waals surface area contributed by atoms with Gasteiger partial charge in [-0.25, -0.2) is 4.39 Å². The first kappa shape index (κ1) is 29.9. The van der Waals surface area contributed by atoms with Crippen molar-refractivity contribution in [2.75, 3.05) is 26.6 Å². The van der Waals surface area contributed by atoms with E-state index in [-0.39, 0.29) is 31.3 Å². The van der Waals surface area contributed by atoms with Gasteiger partial charge >= 0.3 is 0 Å². The summed E-state index contributed by atoms with van der Waals surface area (Å²) in [5.74, 6) is -2.26. The first-order chi connectivity index (χ1) is 20.2. The smallest absolute Gasteiger partial charge is 0.251 e. The molecule has 0 aliphatic heterocycles. The number of hydrogen-bond acceptors (Lipinski definition) is 6. The van der Waals surface area contributed by atoms with Crippen LogP contribution >= 0.6 is 0 Å². The van der Waals surface area contributed by atoms with Crippen LogP contribution in [0.5, 0.6) is 5.75 Å². The highest BCUT2D eigenvalue weighted by Crippen LogP contribution is 2.46. The second-order valence-electron chi connectivity index (χ2n) is 10.7. The van der Waals surface area contributed by atoms with E-state index in [1.54, 1.807) is 19.2 Å². The van der Waals surface area contributed by atoms with Crippen molar-refractivity contribution >= 4 is 10.9 Å². The summed E-state index contributed by atoms with van der Waals surface area (Å²) >= 11 is 0. The van der Waals surface area contributed by atoms with Gasteiger partial charge in [0.1, 0.15) is 12.4 Å². The molecule has 0 amide bonds. The Morgan fingerprint density at radius 1 is 1.10 bits per heavy atom. The number of benzene rings is 2. The Hall–Kier alpha value is -3.60. The van der Waals surface area contributed by atoms with Gasteiger partial charge in [-0.15, -0.1) is 0 Å². The summed E-state index contributed by atoms with van der Waals surface area (Å²) < 4.78 is 50.7. The molecular weight excluding hydrogens is 544 g/mol. The van der Waals surface area contributed by atoms with Crippen molar-refractivity contribution in [3.05, 3.63) is 80.9 Å². The summed E-state index contributed by atoms with van der Waals surface area (Å²) in [6, 6.07) is 9.41. The predicted octanol–water partition coefficient (Wildman–Crippen LogP) is 5.07. The lowest BCUT2D eigenvalue weighted by molar-refractivity contribution is -0.180. The minimum atomic E-state index is -1.07. The highest BCUT2D eigenvalue weighted by molar-refractivity contribution is 5.88. The van der Waals surface area contributed by atoms with Crippen LogP contribution in [0.15, 0.2) is 41.2 Å². The van der Waals surface area contributed by atoms with Gasteiger partial charge in [-0.3, -0.25) is 9.48 Å². The summed E-state index contributed by atoms with van der Waals surface area (Å²) in [4.78, 5) is 12.4. The van der Waals surface area contributed by atoms with Crippen LogP contribution in [-0.4, -0.2) is 46.1 Å². The number of halogens is 2. The zero-order valence-corrected chi connectivity index (χ0v) is 24.5. The molecule has 2 heterocycles. The maximum Gasteiger partial charge on any atom is 0.251 e. The summed E-state index contributed by atoms with van der Waals surface area (Å²) in [5.41, 5.74) is 4.39. The Kier molecular flexibility index (Phi) is 8.77. The van der Waals surface area contributed by atoms with E-state index < -0.39 is 17.2 Å². The maximum absolute atomic E-state index is 15.3. The molecule has 10 heteroatoms. The van der Waals surface area contributed by atoms with Crippen molar-refractivity contribution < 1.29 is 28.1 Å². The molecular formula is C32H37F2N3O5. The molecule has 1 saturated carbocycles. The summed E-state index contributed by atoms with van der Waals surface area (Å²) in [6.45, 7) is 4.59. The van der Waals surface area contributed by atoms with Gasteiger partial charge in [0, 0.05) is 62.0 Å². The van der Waals surface area contributed by atoms with Crippen molar-refractivity contribution in [1.82, 2.24) is 14.3 Å². The van der Waals surface area contributed by atoms with Crippen LogP contribution in [-0.2, 0) is 42.0 Å². The van der Waals surface area contributed by atoms with Crippen LogP contribution in [0.2, 0.25) is 0 Å². The number of aliphatic hydroxyl groups is 1. The van der Waals surface area contributed by atoms with Gasteiger partial charge in [-0.1, -0.05) is 6.07 Å². The Bertz CT molecular complexity index is 1660. The van der Waals surface area contributed by atoms with Gasteiger partial charge < -0.3 is 23.9 Å². The summed E-state index contributed by atoms with van der Waals surface area (Å²) in [7, 11) is 3.55. The molecule has 0 unspecified atom stereocenters. The van der Waals surface area contributed by atoms with Crippen molar-refractivity contribution in [3.63, 3.8) is 0 Å². The second kappa shape index (κ2) is 12.3. The number of aryl methyl sites for hydroxylation is 2. The molecule has 42 heavy (non-hydrogen) atoms. The van der Waals surface area contributed by atoms with Gasteiger partial charge in [0.2, 0.25) is 5.82 Å². The molecule has 8 nitrogen and oxygen atoms in total. The zero-order valence-electron chi connectivity index (χ0n) is 24.5. The number of fused-ring (bicyclic) bond motifs is 1. The third-order valence-corrected chi connectivity index (χ3v) is 8.35. The molecule has 0 saturated heterocycles. The standard InChI is InChI=1S/C32H37F2N3O5/c1-5-40-19-42-32(13-6-14-32)31-23(20(2)37(4)35-31)12-16-41-30-24(8-9-26(33)29(30)34)21-7-10-27-25(17-21)22(11-15-38)18-28(39)36(27)3/h7-10,17-18,38H,5-6,11-16,19H2,1-4H3. The highest BCUT2D eigenvalue weighted by Gasteiger charge is 2.44. The molecule has 0 atom stereocenters. The average molecular weight is 582 g/mol. The van der Waals surface area contributed by atoms with Crippen LogP contribution in [0, 0.1) is 18.6 Å². The lowest BCUT2D eigenvalue weighted by atomic mass is 9.75. The lowest BCUT2D eigenvalue weighted by Gasteiger charge is -2.40. The number of aliphatic hydroxyl groups excluding tert-OH is 1. The van der Waals surface area contributed by atoms with Gasteiger partial charge in [-0.2, -0.15) is 9.49 Å². The third kappa shape index (κ3) is 5.46. The predicted molar refractivity (Wildman–Crippen MR) is 156 cm³/mol. The average Bonchev–Trinajstić information content (AvgIpc) is 3.24. The fourth-order valence-corrected chi connectivity index (χ4v) is 5.68. The number of hydrogen-bond donors (Lipinski definition) is 1. The summed E-state index contributed by atoms with van der Waals surface area (Å²) in [6.07, 6.45) is 3.40. The Labute approximate surface area is 243 Å². The normalized spacial score (nSPS) is 14.4. The molecule has 1 aliphatic carbocycles. The molecule has 1 aliphatic rings. The van der Waals surface area contributed by atoms with E-state index in [0.29, 0.717) is 41.7 Å². The third-order valence-electron chi connectivity index (χ3n) is 8.35. The van der Waals surface area contributed by atoms with Crippen molar-refractivity contribution in [2.45, 2.75) is 51.6 Å². The molecule has 2 aromatic carbocycles. The van der Waals surface area contributed by atoms with Crippen LogP contribution in [0.4, 0.5) is 8.78 Å². The molecule has 1 N–H and O–H groups in total. The Balaban J connectivity index is 1.46. The largest absolute Gasteiger partial charge is 0.489 e. The number of nitrogens with zero attached hydrogens (tertiary/aromatic N) is 3. The molecule has 4 aromatic rings. The van der Waals surface area contributed by atoms with E-state index in [0.717, 1.165) is 47.7 Å². The maximum atomic E-state index is 15.3. The molecule has 1 fully saturated rings. The molecule has 5 rings (SSSR count). The van der Waals surface area contributed by atoms with Crippen molar-refractivity contribution in [1.29, 1.82) is 0 Å². The Morgan fingerprint density at radius 2 is 1.88 bits per heavy atom. The van der Waals surface area contributed by atoms with E-state index in [4.69, 9.17) is 19.3 Å². The molecule has 2 aromatic heterocycles. The van der Waals surface area contributed by atoms with Gasteiger partial charge in [0.25, 0.3) is 5.56 Å². The molecule has 0 radical (unpaired) electrons. The number of aromatic nitrogens is 3. The number of rotatable bonds is 12. The van der Waals surface area contributed by atoms with Crippen LogP contribution in [0.25, 0.3) is 22.0 Å². The minimum absolute atomic E-state index is 0.0896. The van der Waals surface area contributed by atoms with E-state index in [9.17, 15) is 14.3 Å². The van der Waals surface area contributed by atoms with Gasteiger partial charge in [0.05, 0.1) is 17.8 Å². The first-order valence-corrected chi connectivity index (χ1v) is 14.3. The highest BCUT2D eigenvalue weighted by atomic mass is 19.2. The van der Waals surface area contributed by atoms with E-state index in [1.165, 1.54) is 16.7 Å². The number of ether oxygens (including phenoxy) is 3. The van der Waals surface area contributed by atoms with Crippen molar-refractivity contribution in [3.8, 4) is 16.9 Å². The second-order valence-corrected chi connectivity index (χ2v) is 10.7. The van der Waals surface area contributed by atoms with E-state index in [1.807, 2.05) is 31.6 Å². The Morgan fingerprint density at radius 3 is 2.57 bits per heavy atom. The minimum Gasteiger partial charge on any atom is -0.489 e. The van der Waals surface area contributed by atoms with Crippen LogP contribution in [0.3, 0.4) is 0 Å². The van der Waals surface area contributed by atoms with Gasteiger partial charge in [0.15, 0.2) is 11.6 Å². The quantitative estimate of drug-likeness (QED) is 0.186. The van der Waals surface area contributed by atoms with Crippen LogP contribution in [0.1, 0.15) is 48.7 Å². The SMILES string of the molecule is CCOCOC1(c2nn(C)c(C)c2CCOc2c(-c3ccc4c(c3)c(CCO)cc(=O)n4C)ccc(F)c2F)CCC1. The fourth-order valence-electron chi connectivity index (χ4n) is 5.68. The number of pyridine rings is 1. The monoisotopic (exact) mass is 581 g/mol. The van der Waals surface area contributed by atoms with Crippen LogP contribution < -0.4 is 10.3 Å². The van der Waals surface area contributed by atoms with E-state index in [2.05, 4.69) is 0 Å². The molecule has 0 bridgehead atoms. The zero-order chi connectivity index (χ0) is 30.0. The van der Waals surface area contributed by atoms with Gasteiger partial charge in [-0.05, 0) is 74.9 Å².